The maximum absolute atomic E-state index is 12.5. The fraction of sp³-hybridized carbons (Fsp3) is 0.500. The minimum Gasteiger partial charge on any atom is -0.349 e. The first-order valence-electron chi connectivity index (χ1n) is 7.75. The van der Waals surface area contributed by atoms with Gasteiger partial charge in [0.25, 0.3) is 5.91 Å². The van der Waals surface area contributed by atoms with Gasteiger partial charge in [0, 0.05) is 17.2 Å². The molecule has 0 bridgehead atoms. The topological polar surface area (TPSA) is 55.1 Å². The van der Waals surface area contributed by atoms with Crippen LogP contribution in [0.4, 0.5) is 0 Å². The molecule has 0 aliphatic heterocycles. The minimum atomic E-state index is 0.0106. The van der Waals surface area contributed by atoms with Gasteiger partial charge in [-0.05, 0) is 43.4 Å². The number of hydrogen-bond acceptors (Lipinski definition) is 2. The van der Waals surface area contributed by atoms with E-state index in [0.717, 1.165) is 29.9 Å². The van der Waals surface area contributed by atoms with E-state index in [1.165, 1.54) is 12.8 Å². The summed E-state index contributed by atoms with van der Waals surface area (Å²) in [6, 6.07) is 5.95. The van der Waals surface area contributed by atoms with E-state index in [1.807, 2.05) is 25.1 Å². The van der Waals surface area contributed by atoms with E-state index < -0.39 is 0 Å². The Morgan fingerprint density at radius 1 is 1.48 bits per heavy atom. The zero-order chi connectivity index (χ0) is 15.2. The summed E-state index contributed by atoms with van der Waals surface area (Å²) in [5.41, 5.74) is 7.93. The van der Waals surface area contributed by atoms with Crippen molar-refractivity contribution in [1.29, 1.82) is 0 Å². The Balaban J connectivity index is 2.10. The highest BCUT2D eigenvalue weighted by Gasteiger charge is 2.26. The zero-order valence-electron chi connectivity index (χ0n) is 12.9. The van der Waals surface area contributed by atoms with Crippen LogP contribution >= 0.6 is 0 Å². The average Bonchev–Trinajstić information content (AvgIpc) is 3.29. The molecule has 1 aromatic rings. The van der Waals surface area contributed by atoms with E-state index in [0.29, 0.717) is 12.1 Å². The highest BCUT2D eigenvalue weighted by Crippen LogP contribution is 2.34. The fourth-order valence-electron chi connectivity index (χ4n) is 2.51. The molecule has 1 aliphatic rings. The predicted octanol–water partition coefficient (Wildman–Crippen LogP) is 2.61. The van der Waals surface area contributed by atoms with Crippen LogP contribution < -0.4 is 11.1 Å². The molecule has 0 radical (unpaired) electrons. The van der Waals surface area contributed by atoms with Crippen molar-refractivity contribution in [1.82, 2.24) is 5.32 Å². The van der Waals surface area contributed by atoms with Gasteiger partial charge in [0.05, 0.1) is 6.54 Å². The van der Waals surface area contributed by atoms with Gasteiger partial charge in [0.2, 0.25) is 0 Å². The number of hydrogen-bond donors (Lipinski definition) is 2. The molecular weight excluding hydrogens is 260 g/mol. The summed E-state index contributed by atoms with van der Waals surface area (Å²) < 4.78 is 0. The monoisotopic (exact) mass is 284 g/mol. The van der Waals surface area contributed by atoms with Crippen LogP contribution in [0.3, 0.4) is 0 Å². The highest BCUT2D eigenvalue weighted by atomic mass is 16.1. The maximum atomic E-state index is 12.5. The quantitative estimate of drug-likeness (QED) is 0.817. The molecule has 1 saturated carbocycles. The van der Waals surface area contributed by atoms with Crippen molar-refractivity contribution in [3.63, 3.8) is 0 Å². The zero-order valence-corrected chi connectivity index (χ0v) is 12.9. The van der Waals surface area contributed by atoms with Crippen LogP contribution in [-0.2, 0) is 0 Å². The summed E-state index contributed by atoms with van der Waals surface area (Å²) in [5, 5.41) is 3.17. The summed E-state index contributed by atoms with van der Waals surface area (Å²) in [7, 11) is 0. The van der Waals surface area contributed by atoms with E-state index in [4.69, 9.17) is 5.73 Å². The van der Waals surface area contributed by atoms with E-state index in [2.05, 4.69) is 24.1 Å². The number of benzene rings is 1. The van der Waals surface area contributed by atoms with Crippen LogP contribution in [0.2, 0.25) is 0 Å². The van der Waals surface area contributed by atoms with Gasteiger partial charge in [-0.2, -0.15) is 0 Å². The van der Waals surface area contributed by atoms with E-state index in [-0.39, 0.29) is 11.9 Å². The van der Waals surface area contributed by atoms with Crippen LogP contribution in [0, 0.1) is 24.7 Å². The van der Waals surface area contributed by atoms with Gasteiger partial charge < -0.3 is 11.1 Å². The minimum absolute atomic E-state index is 0.0106. The number of amides is 1. The van der Waals surface area contributed by atoms with Crippen LogP contribution in [0.25, 0.3) is 0 Å². The van der Waals surface area contributed by atoms with Crippen molar-refractivity contribution >= 4 is 5.91 Å². The summed E-state index contributed by atoms with van der Waals surface area (Å²) in [6.07, 6.45) is 4.72. The Bertz CT molecular complexity index is 564. The largest absolute Gasteiger partial charge is 0.349 e. The lowest BCUT2D eigenvalue weighted by Gasteiger charge is -2.17. The van der Waals surface area contributed by atoms with E-state index in [9.17, 15) is 4.79 Å². The summed E-state index contributed by atoms with van der Waals surface area (Å²) in [4.78, 5) is 12.5. The Morgan fingerprint density at radius 3 is 2.86 bits per heavy atom. The Hall–Kier alpha value is -1.79. The van der Waals surface area contributed by atoms with Crippen molar-refractivity contribution in [2.45, 2.75) is 45.6 Å². The number of rotatable bonds is 5. The van der Waals surface area contributed by atoms with Crippen molar-refractivity contribution in [3.05, 3.63) is 34.9 Å². The van der Waals surface area contributed by atoms with Crippen LogP contribution in [0.1, 0.15) is 54.1 Å². The van der Waals surface area contributed by atoms with Crippen molar-refractivity contribution in [3.8, 4) is 11.8 Å². The number of nitrogens with one attached hydrogen (secondary N) is 1. The average molecular weight is 284 g/mol. The molecule has 1 aromatic carbocycles. The molecule has 3 N–H and O–H groups in total. The van der Waals surface area contributed by atoms with Crippen molar-refractivity contribution < 1.29 is 4.79 Å². The molecule has 0 heterocycles. The first-order chi connectivity index (χ1) is 10.2. The maximum Gasteiger partial charge on any atom is 0.251 e. The van der Waals surface area contributed by atoms with E-state index >= 15 is 0 Å². The molecule has 1 fully saturated rings. The van der Waals surface area contributed by atoms with Gasteiger partial charge in [-0.15, -0.1) is 0 Å². The summed E-state index contributed by atoms with van der Waals surface area (Å²) in [6.45, 7) is 4.40. The molecule has 1 aliphatic carbocycles. The SMILES string of the molecule is CCC(CC1CC1)NC(=O)c1cccc(C#CCN)c1C. The lowest BCUT2D eigenvalue weighted by atomic mass is 10.0. The highest BCUT2D eigenvalue weighted by molar-refractivity contribution is 5.96. The first-order valence-corrected chi connectivity index (χ1v) is 7.75. The molecule has 0 spiro atoms. The Morgan fingerprint density at radius 2 is 2.24 bits per heavy atom. The number of nitrogens with two attached hydrogens (primary N) is 1. The van der Waals surface area contributed by atoms with Crippen molar-refractivity contribution in [2.24, 2.45) is 11.7 Å². The third-order valence-electron chi connectivity index (χ3n) is 4.05. The van der Waals surface area contributed by atoms with Gasteiger partial charge in [0.15, 0.2) is 0 Å². The molecule has 1 unspecified atom stereocenters. The number of carbonyl (C=O) groups is 1. The molecule has 1 amide bonds. The molecule has 3 heteroatoms. The lowest BCUT2D eigenvalue weighted by Crippen LogP contribution is -2.35. The second-order valence-electron chi connectivity index (χ2n) is 5.74. The second-order valence-corrected chi connectivity index (χ2v) is 5.74. The third-order valence-corrected chi connectivity index (χ3v) is 4.05. The molecule has 21 heavy (non-hydrogen) atoms. The van der Waals surface area contributed by atoms with Crippen LogP contribution in [0.15, 0.2) is 18.2 Å². The predicted molar refractivity (Wildman–Crippen MR) is 86.0 cm³/mol. The molecule has 1 atom stereocenters. The van der Waals surface area contributed by atoms with Gasteiger partial charge in [-0.25, -0.2) is 0 Å². The van der Waals surface area contributed by atoms with Crippen molar-refractivity contribution in [2.75, 3.05) is 6.54 Å². The third kappa shape index (κ3) is 4.34. The summed E-state index contributed by atoms with van der Waals surface area (Å²) >= 11 is 0. The van der Waals surface area contributed by atoms with Crippen LogP contribution in [-0.4, -0.2) is 18.5 Å². The molecule has 0 saturated heterocycles. The molecule has 0 aromatic heterocycles. The number of carbonyl (C=O) groups excluding carboxylic acids is 1. The standard InChI is InChI=1S/C18H24N2O/c1-3-16(12-14-9-10-14)20-18(21)17-8-4-6-15(13(17)2)7-5-11-19/h4,6,8,14,16H,3,9-12,19H2,1-2H3,(H,20,21). The second kappa shape index (κ2) is 7.28. The van der Waals surface area contributed by atoms with Gasteiger partial charge in [-0.3, -0.25) is 4.79 Å². The van der Waals surface area contributed by atoms with E-state index in [1.54, 1.807) is 0 Å². The van der Waals surface area contributed by atoms with Gasteiger partial charge in [-0.1, -0.05) is 37.7 Å². The molecule has 112 valence electrons. The normalized spacial score (nSPS) is 15.0. The molecule has 2 rings (SSSR count). The van der Waals surface area contributed by atoms with Gasteiger partial charge >= 0.3 is 0 Å². The van der Waals surface area contributed by atoms with Crippen LogP contribution in [0.5, 0.6) is 0 Å². The van der Waals surface area contributed by atoms with Gasteiger partial charge in [0.1, 0.15) is 0 Å². The first kappa shape index (κ1) is 15.6. The molecular formula is C18H24N2O. The smallest absolute Gasteiger partial charge is 0.251 e. The Kier molecular flexibility index (Phi) is 5.41. The Labute approximate surface area is 127 Å². The summed E-state index contributed by atoms with van der Waals surface area (Å²) in [5.74, 6) is 6.69. The fourth-order valence-corrected chi connectivity index (χ4v) is 2.51. The lowest BCUT2D eigenvalue weighted by molar-refractivity contribution is 0.0932. The molecule has 3 nitrogen and oxygen atoms in total.